The van der Waals surface area contributed by atoms with Crippen LogP contribution in [0.3, 0.4) is 0 Å². The fourth-order valence-corrected chi connectivity index (χ4v) is 4.63. The van der Waals surface area contributed by atoms with Crippen LogP contribution in [0.25, 0.3) is 0 Å². The van der Waals surface area contributed by atoms with Crippen LogP contribution in [0.1, 0.15) is 43.5 Å². The van der Waals surface area contributed by atoms with Crippen LogP contribution in [0.5, 0.6) is 0 Å². The maximum absolute atomic E-state index is 12.0. The summed E-state index contributed by atoms with van der Waals surface area (Å²) < 4.78 is 22.5. The zero-order valence-corrected chi connectivity index (χ0v) is 17.9. The highest BCUT2D eigenvalue weighted by molar-refractivity contribution is 7.99. The minimum atomic E-state index is -3.68. The van der Waals surface area contributed by atoms with Gasteiger partial charge in [-0.3, -0.25) is 9.89 Å². The van der Waals surface area contributed by atoms with E-state index in [4.69, 9.17) is 5.14 Å². The van der Waals surface area contributed by atoms with E-state index in [0.717, 1.165) is 30.1 Å². The van der Waals surface area contributed by atoms with Crippen molar-refractivity contribution >= 4 is 27.7 Å². The topological polar surface area (TPSA) is 131 Å². The third-order valence-corrected chi connectivity index (χ3v) is 6.87. The number of thioether (sulfide) groups is 1. The Labute approximate surface area is 175 Å². The van der Waals surface area contributed by atoms with Crippen LogP contribution in [0.4, 0.5) is 0 Å². The molecular weight excluding hydrogens is 410 g/mol. The lowest BCUT2D eigenvalue weighted by Gasteiger charge is -2.06. The van der Waals surface area contributed by atoms with Gasteiger partial charge in [-0.05, 0) is 36.5 Å². The van der Waals surface area contributed by atoms with Crippen LogP contribution < -0.4 is 10.5 Å². The molecule has 8 nitrogen and oxygen atoms in total. The number of aryl methyl sites for hydroxylation is 1. The van der Waals surface area contributed by atoms with E-state index in [1.807, 2.05) is 0 Å². The van der Waals surface area contributed by atoms with Crippen LogP contribution in [0.2, 0.25) is 0 Å². The number of nitrogens with two attached hydrogens (primary N) is 1. The molecule has 29 heavy (non-hydrogen) atoms. The highest BCUT2D eigenvalue weighted by atomic mass is 32.2. The first-order valence-electron chi connectivity index (χ1n) is 9.82. The number of benzene rings is 1. The molecule has 1 heterocycles. The van der Waals surface area contributed by atoms with E-state index in [2.05, 4.69) is 20.5 Å². The van der Waals surface area contributed by atoms with Gasteiger partial charge in [-0.15, -0.1) is 5.10 Å². The predicted molar refractivity (Wildman–Crippen MR) is 112 cm³/mol. The Morgan fingerprint density at radius 1 is 1.21 bits per heavy atom. The Bertz CT molecular complexity index is 906. The highest BCUT2D eigenvalue weighted by Crippen LogP contribution is 2.28. The third-order valence-electron chi connectivity index (χ3n) is 5.10. The molecule has 1 aromatic heterocycles. The van der Waals surface area contributed by atoms with Crippen LogP contribution in [-0.4, -0.2) is 41.8 Å². The van der Waals surface area contributed by atoms with Crippen LogP contribution >= 0.6 is 11.8 Å². The first-order valence-corrected chi connectivity index (χ1v) is 12.4. The number of aromatic nitrogens is 3. The number of amides is 1. The van der Waals surface area contributed by atoms with Crippen molar-refractivity contribution in [1.29, 1.82) is 0 Å². The average Bonchev–Trinajstić information content (AvgIpc) is 3.36. The van der Waals surface area contributed by atoms with E-state index in [9.17, 15) is 13.2 Å². The Morgan fingerprint density at radius 3 is 2.62 bits per heavy atom. The molecule has 1 aliphatic carbocycles. The maximum atomic E-state index is 12.0. The molecule has 2 aromatic rings. The molecule has 0 unspecified atom stereocenters. The number of carbonyl (C=O) groups excluding carboxylic acids is 1. The minimum Gasteiger partial charge on any atom is -0.355 e. The van der Waals surface area contributed by atoms with Crippen molar-refractivity contribution in [2.24, 2.45) is 11.1 Å². The van der Waals surface area contributed by atoms with E-state index in [0.29, 0.717) is 18.1 Å². The summed E-state index contributed by atoms with van der Waals surface area (Å²) in [6.07, 6.45) is 8.01. The number of carbonyl (C=O) groups is 1. The lowest BCUT2D eigenvalue weighted by Crippen LogP contribution is -2.27. The predicted octanol–water partition coefficient (Wildman–Crippen LogP) is 2.03. The van der Waals surface area contributed by atoms with Crippen molar-refractivity contribution in [3.05, 3.63) is 35.7 Å². The molecule has 0 spiro atoms. The molecular formula is C19H27N5O3S2. The van der Waals surface area contributed by atoms with Crippen molar-refractivity contribution in [2.75, 3.05) is 12.3 Å². The minimum absolute atomic E-state index is 0.0794. The number of primary sulfonamides is 1. The molecule has 158 valence electrons. The second-order valence-corrected chi connectivity index (χ2v) is 9.84. The van der Waals surface area contributed by atoms with Crippen LogP contribution in [0.15, 0.2) is 34.3 Å². The normalized spacial score (nSPS) is 14.9. The first kappa shape index (κ1) is 21.8. The molecule has 1 aromatic carbocycles. The van der Waals surface area contributed by atoms with E-state index in [1.54, 1.807) is 12.1 Å². The van der Waals surface area contributed by atoms with Gasteiger partial charge < -0.3 is 5.32 Å². The summed E-state index contributed by atoms with van der Waals surface area (Å²) in [6.45, 7) is 0.467. The van der Waals surface area contributed by atoms with Crippen LogP contribution in [-0.2, 0) is 27.7 Å². The van der Waals surface area contributed by atoms with Gasteiger partial charge >= 0.3 is 0 Å². The van der Waals surface area contributed by atoms with Gasteiger partial charge in [0.05, 0.1) is 10.6 Å². The summed E-state index contributed by atoms with van der Waals surface area (Å²) in [7, 11) is -3.68. The summed E-state index contributed by atoms with van der Waals surface area (Å²) in [5, 5.41) is 15.7. The molecule has 4 N–H and O–H groups in total. The lowest BCUT2D eigenvalue weighted by molar-refractivity contribution is -0.118. The van der Waals surface area contributed by atoms with Gasteiger partial charge in [0.2, 0.25) is 21.1 Å². The number of nitrogens with zero attached hydrogens (tertiary/aromatic N) is 2. The zero-order valence-electron chi connectivity index (χ0n) is 16.3. The summed E-state index contributed by atoms with van der Waals surface area (Å²) in [4.78, 5) is 16.5. The smallest absolute Gasteiger partial charge is 0.238 e. The van der Waals surface area contributed by atoms with E-state index < -0.39 is 10.0 Å². The summed E-state index contributed by atoms with van der Waals surface area (Å²) in [5.41, 5.74) is 0.922. The van der Waals surface area contributed by atoms with Gasteiger partial charge in [0.15, 0.2) is 0 Å². The second kappa shape index (κ2) is 10.2. The number of hydrogen-bond donors (Lipinski definition) is 3. The molecule has 1 fully saturated rings. The molecule has 0 atom stereocenters. The number of nitrogens with one attached hydrogen (secondary N) is 2. The Morgan fingerprint density at radius 2 is 1.93 bits per heavy atom. The standard InChI is InChI=1S/C19H27N5O3S2/c20-29(26,27)16-8-5-15(6-9-16)11-12-21-18(25)13-28-19-22-17(23-24-19)10-7-14-3-1-2-4-14/h5-6,8-9,14H,1-4,7,10-13H2,(H,21,25)(H2,20,26,27)(H,22,23,24). The van der Waals surface area contributed by atoms with Crippen molar-refractivity contribution in [2.45, 2.75) is 55.0 Å². The molecule has 10 heteroatoms. The third kappa shape index (κ3) is 7.13. The van der Waals surface area contributed by atoms with Gasteiger partial charge in [-0.25, -0.2) is 18.5 Å². The van der Waals surface area contributed by atoms with Gasteiger partial charge in [0.25, 0.3) is 0 Å². The fraction of sp³-hybridized carbons (Fsp3) is 0.526. The Balaban J connectivity index is 1.33. The Kier molecular flexibility index (Phi) is 7.68. The number of aromatic amines is 1. The second-order valence-electron chi connectivity index (χ2n) is 7.33. The Hall–Kier alpha value is -1.91. The number of hydrogen-bond acceptors (Lipinski definition) is 6. The van der Waals surface area contributed by atoms with E-state index in [-0.39, 0.29) is 16.6 Å². The molecule has 0 radical (unpaired) electrons. The number of sulfonamides is 1. The monoisotopic (exact) mass is 437 g/mol. The van der Waals surface area contributed by atoms with Gasteiger partial charge in [-0.1, -0.05) is 49.6 Å². The molecule has 0 bridgehead atoms. The fourth-order valence-electron chi connectivity index (χ4n) is 3.47. The quantitative estimate of drug-likeness (QED) is 0.488. The van der Waals surface area contributed by atoms with E-state index in [1.165, 1.54) is 49.6 Å². The van der Waals surface area contributed by atoms with E-state index >= 15 is 0 Å². The van der Waals surface area contributed by atoms with Gasteiger partial charge in [0, 0.05) is 13.0 Å². The van der Waals surface area contributed by atoms with Crippen molar-refractivity contribution in [1.82, 2.24) is 20.5 Å². The summed E-state index contributed by atoms with van der Waals surface area (Å²) in [5.74, 6) is 1.87. The largest absolute Gasteiger partial charge is 0.355 e. The lowest BCUT2D eigenvalue weighted by atomic mass is 10.0. The molecule has 0 aliphatic heterocycles. The summed E-state index contributed by atoms with van der Waals surface area (Å²) in [6, 6.07) is 6.33. The van der Waals surface area contributed by atoms with Crippen molar-refractivity contribution in [3.63, 3.8) is 0 Å². The SMILES string of the molecule is NS(=O)(=O)c1ccc(CCNC(=O)CSc2n[nH]c(CCC3CCCC3)n2)cc1. The van der Waals surface area contributed by atoms with Crippen molar-refractivity contribution < 1.29 is 13.2 Å². The number of rotatable bonds is 10. The maximum Gasteiger partial charge on any atom is 0.238 e. The summed E-state index contributed by atoms with van der Waals surface area (Å²) >= 11 is 1.31. The van der Waals surface area contributed by atoms with Gasteiger partial charge in [0.1, 0.15) is 5.82 Å². The first-order chi connectivity index (χ1) is 13.9. The molecule has 1 saturated carbocycles. The van der Waals surface area contributed by atoms with Crippen molar-refractivity contribution in [3.8, 4) is 0 Å². The zero-order chi connectivity index (χ0) is 20.7. The van der Waals surface area contributed by atoms with Gasteiger partial charge in [-0.2, -0.15) is 0 Å². The molecule has 3 rings (SSSR count). The van der Waals surface area contributed by atoms with Crippen LogP contribution in [0, 0.1) is 5.92 Å². The molecule has 1 aliphatic rings. The average molecular weight is 438 g/mol. The highest BCUT2D eigenvalue weighted by Gasteiger charge is 2.16. The molecule has 0 saturated heterocycles. The molecule has 1 amide bonds. The number of H-pyrrole nitrogens is 1.